The maximum Gasteiger partial charge on any atom is 0.354 e. The minimum atomic E-state index is -0.535. The summed E-state index contributed by atoms with van der Waals surface area (Å²) in [6, 6.07) is 9.06. The predicted octanol–water partition coefficient (Wildman–Crippen LogP) is 2.15. The third-order valence-corrected chi connectivity index (χ3v) is 3.50. The van der Waals surface area contributed by atoms with Crippen LogP contribution in [0.1, 0.15) is 39.0 Å². The summed E-state index contributed by atoms with van der Waals surface area (Å²) in [4.78, 5) is 26.5. The van der Waals surface area contributed by atoms with Crippen LogP contribution in [-0.4, -0.2) is 37.1 Å². The second kappa shape index (κ2) is 8.60. The molecule has 0 fully saturated rings. The smallest absolute Gasteiger partial charge is 0.354 e. The van der Waals surface area contributed by atoms with Gasteiger partial charge in [-0.3, -0.25) is 4.79 Å². The predicted molar refractivity (Wildman–Crippen MR) is 93.7 cm³/mol. The Balaban J connectivity index is 2.07. The van der Waals surface area contributed by atoms with Crippen LogP contribution < -0.4 is 10.1 Å². The number of ether oxygens (including phenoxy) is 2. The quantitative estimate of drug-likeness (QED) is 0.598. The zero-order chi connectivity index (χ0) is 18.2. The summed E-state index contributed by atoms with van der Waals surface area (Å²) < 4.78 is 10.6. The first kappa shape index (κ1) is 18.1. The van der Waals surface area contributed by atoms with Gasteiger partial charge in [0.2, 0.25) is 0 Å². The van der Waals surface area contributed by atoms with Crippen molar-refractivity contribution in [2.24, 2.45) is 0 Å². The van der Waals surface area contributed by atoms with Gasteiger partial charge in [0.05, 0.1) is 13.2 Å². The topological polar surface area (TPSA) is 80.4 Å². The lowest BCUT2D eigenvalue weighted by molar-refractivity contribution is 0.0520. The zero-order valence-electron chi connectivity index (χ0n) is 14.2. The van der Waals surface area contributed by atoms with Gasteiger partial charge in [-0.05, 0) is 24.6 Å². The first-order valence-corrected chi connectivity index (χ1v) is 7.89. The molecule has 6 nitrogen and oxygen atoms in total. The molecule has 2 aromatic rings. The fourth-order valence-corrected chi connectivity index (χ4v) is 2.21. The number of hydrogen-bond donors (Lipinski definition) is 2. The highest BCUT2D eigenvalue weighted by Crippen LogP contribution is 2.21. The first-order valence-electron chi connectivity index (χ1n) is 7.89. The number of aromatic amines is 1. The molecule has 0 saturated heterocycles. The van der Waals surface area contributed by atoms with Crippen molar-refractivity contribution in [1.29, 1.82) is 0 Å². The minimum Gasteiger partial charge on any atom is -0.491 e. The van der Waals surface area contributed by atoms with Crippen molar-refractivity contribution >= 4 is 11.9 Å². The van der Waals surface area contributed by atoms with E-state index in [0.717, 1.165) is 11.1 Å². The normalized spacial score (nSPS) is 9.96. The van der Waals surface area contributed by atoms with Crippen LogP contribution in [-0.2, 0) is 11.2 Å². The van der Waals surface area contributed by atoms with Crippen molar-refractivity contribution in [3.05, 3.63) is 52.8 Å². The third-order valence-electron chi connectivity index (χ3n) is 3.50. The maximum atomic E-state index is 11.9. The monoisotopic (exact) mass is 340 g/mol. The lowest BCUT2D eigenvalue weighted by Crippen LogP contribution is -2.19. The molecule has 25 heavy (non-hydrogen) atoms. The van der Waals surface area contributed by atoms with Gasteiger partial charge in [-0.2, -0.15) is 0 Å². The Labute approximate surface area is 146 Å². The summed E-state index contributed by atoms with van der Waals surface area (Å²) in [5.74, 6) is 1.96. The SMILES string of the molecule is C#Cc1ccc(CCOc2cc(C(=O)OCC)[nH]c2C(=O)NC)cc1. The molecule has 0 aliphatic heterocycles. The van der Waals surface area contributed by atoms with E-state index in [2.05, 4.69) is 16.2 Å². The molecular weight excluding hydrogens is 320 g/mol. The Morgan fingerprint density at radius 1 is 1.28 bits per heavy atom. The van der Waals surface area contributed by atoms with E-state index in [1.54, 1.807) is 6.92 Å². The number of aromatic nitrogens is 1. The molecule has 0 radical (unpaired) electrons. The molecular formula is C19H20N2O4. The van der Waals surface area contributed by atoms with E-state index in [-0.39, 0.29) is 23.9 Å². The molecule has 0 atom stereocenters. The molecule has 1 heterocycles. The van der Waals surface area contributed by atoms with Crippen LogP contribution in [0.15, 0.2) is 30.3 Å². The van der Waals surface area contributed by atoms with Gasteiger partial charge >= 0.3 is 5.97 Å². The number of amides is 1. The molecule has 0 spiro atoms. The van der Waals surface area contributed by atoms with Gasteiger partial charge in [0, 0.05) is 25.1 Å². The standard InChI is InChI=1S/C19H20N2O4/c1-4-13-6-8-14(9-7-13)10-11-25-16-12-15(19(23)24-5-2)21-17(16)18(22)20-3/h1,6-9,12,21H,5,10-11H2,2-3H3,(H,20,22). The fraction of sp³-hybridized carbons (Fsp3) is 0.263. The Morgan fingerprint density at radius 2 is 2.00 bits per heavy atom. The van der Waals surface area contributed by atoms with Gasteiger partial charge in [-0.1, -0.05) is 18.1 Å². The Kier molecular flexibility index (Phi) is 6.24. The summed E-state index contributed by atoms with van der Waals surface area (Å²) in [7, 11) is 1.50. The number of H-pyrrole nitrogens is 1. The van der Waals surface area contributed by atoms with Crippen molar-refractivity contribution in [3.8, 4) is 18.1 Å². The number of carbonyl (C=O) groups excluding carboxylic acids is 2. The van der Waals surface area contributed by atoms with Gasteiger partial charge in [0.25, 0.3) is 5.91 Å². The molecule has 130 valence electrons. The molecule has 0 bridgehead atoms. The van der Waals surface area contributed by atoms with Crippen molar-refractivity contribution in [3.63, 3.8) is 0 Å². The van der Waals surface area contributed by atoms with Crippen LogP contribution in [0.2, 0.25) is 0 Å². The van der Waals surface area contributed by atoms with E-state index in [1.807, 2.05) is 24.3 Å². The van der Waals surface area contributed by atoms with E-state index < -0.39 is 5.97 Å². The van der Waals surface area contributed by atoms with Crippen LogP contribution in [0.25, 0.3) is 0 Å². The van der Waals surface area contributed by atoms with Gasteiger partial charge in [0.1, 0.15) is 11.4 Å². The highest BCUT2D eigenvalue weighted by molar-refractivity contribution is 5.98. The summed E-state index contributed by atoms with van der Waals surface area (Å²) in [6.07, 6.45) is 5.97. The molecule has 0 aliphatic carbocycles. The third kappa shape index (κ3) is 4.64. The van der Waals surface area contributed by atoms with Crippen LogP contribution in [0.3, 0.4) is 0 Å². The number of esters is 1. The van der Waals surface area contributed by atoms with Gasteiger partial charge < -0.3 is 19.8 Å². The van der Waals surface area contributed by atoms with Crippen LogP contribution in [0, 0.1) is 12.3 Å². The second-order valence-corrected chi connectivity index (χ2v) is 5.16. The number of terminal acetylenes is 1. The van der Waals surface area contributed by atoms with Crippen LogP contribution in [0.4, 0.5) is 0 Å². The fourth-order valence-electron chi connectivity index (χ4n) is 2.21. The number of nitrogens with one attached hydrogen (secondary N) is 2. The van der Waals surface area contributed by atoms with E-state index >= 15 is 0 Å². The summed E-state index contributed by atoms with van der Waals surface area (Å²) in [5, 5.41) is 2.51. The van der Waals surface area contributed by atoms with Gasteiger partial charge in [0.15, 0.2) is 5.75 Å². The van der Waals surface area contributed by atoms with E-state index in [0.29, 0.717) is 18.8 Å². The molecule has 1 aromatic heterocycles. The highest BCUT2D eigenvalue weighted by atomic mass is 16.5. The zero-order valence-corrected chi connectivity index (χ0v) is 14.2. The van der Waals surface area contributed by atoms with E-state index in [1.165, 1.54) is 13.1 Å². The van der Waals surface area contributed by atoms with E-state index in [4.69, 9.17) is 15.9 Å². The summed E-state index contributed by atoms with van der Waals surface area (Å²) in [6.45, 7) is 2.31. The average molecular weight is 340 g/mol. The molecule has 0 saturated carbocycles. The number of hydrogen-bond acceptors (Lipinski definition) is 4. The summed E-state index contributed by atoms with van der Waals surface area (Å²) >= 11 is 0. The first-order chi connectivity index (χ1) is 12.1. The van der Waals surface area contributed by atoms with E-state index in [9.17, 15) is 9.59 Å². The molecule has 0 unspecified atom stereocenters. The molecule has 1 aromatic carbocycles. The maximum absolute atomic E-state index is 11.9. The van der Waals surface area contributed by atoms with Crippen molar-refractivity contribution in [2.45, 2.75) is 13.3 Å². The second-order valence-electron chi connectivity index (χ2n) is 5.16. The highest BCUT2D eigenvalue weighted by Gasteiger charge is 2.20. The largest absolute Gasteiger partial charge is 0.491 e. The Morgan fingerprint density at radius 3 is 2.60 bits per heavy atom. The van der Waals surface area contributed by atoms with Gasteiger partial charge in [-0.15, -0.1) is 6.42 Å². The lowest BCUT2D eigenvalue weighted by Gasteiger charge is -2.07. The molecule has 6 heteroatoms. The van der Waals surface area contributed by atoms with Crippen molar-refractivity contribution < 1.29 is 19.1 Å². The summed E-state index contributed by atoms with van der Waals surface area (Å²) in [5.41, 5.74) is 2.24. The Bertz CT molecular complexity index is 785. The minimum absolute atomic E-state index is 0.175. The molecule has 0 aliphatic rings. The van der Waals surface area contributed by atoms with Crippen LogP contribution >= 0.6 is 0 Å². The number of carbonyl (C=O) groups is 2. The molecule has 2 N–H and O–H groups in total. The average Bonchev–Trinajstić information content (AvgIpc) is 3.06. The lowest BCUT2D eigenvalue weighted by atomic mass is 10.1. The molecule has 1 amide bonds. The van der Waals surface area contributed by atoms with Crippen LogP contribution in [0.5, 0.6) is 5.75 Å². The molecule has 2 rings (SSSR count). The Hall–Kier alpha value is -3.20. The number of benzene rings is 1. The van der Waals surface area contributed by atoms with Gasteiger partial charge in [-0.25, -0.2) is 4.79 Å². The van der Waals surface area contributed by atoms with Crippen molar-refractivity contribution in [2.75, 3.05) is 20.3 Å². The van der Waals surface area contributed by atoms with Crippen molar-refractivity contribution in [1.82, 2.24) is 10.3 Å². The number of rotatable bonds is 7.